The Morgan fingerprint density at radius 2 is 1.79 bits per heavy atom. The summed E-state index contributed by atoms with van der Waals surface area (Å²) < 4.78 is 0. The van der Waals surface area contributed by atoms with Gasteiger partial charge in [-0.2, -0.15) is 0 Å². The third-order valence-electron chi connectivity index (χ3n) is 1.76. The Balaban J connectivity index is 0.000000531. The van der Waals surface area contributed by atoms with Crippen LogP contribution in [0.3, 0.4) is 0 Å². The number of benzene rings is 1. The van der Waals surface area contributed by atoms with Crippen LogP contribution in [0.1, 0.15) is 25.2 Å². The first-order chi connectivity index (χ1) is 6.25. The summed E-state index contributed by atoms with van der Waals surface area (Å²) in [6.45, 7) is 8.05. The predicted octanol–water partition coefficient (Wildman–Crippen LogP) is 3.21. The van der Waals surface area contributed by atoms with E-state index in [0.717, 1.165) is 16.9 Å². The average molecular weight is 402 g/mol. The number of nitrogens with one attached hydrogen (secondary N) is 1. The van der Waals surface area contributed by atoms with E-state index in [1.54, 1.807) is 0 Å². The van der Waals surface area contributed by atoms with Crippen molar-refractivity contribution in [3.8, 4) is 0 Å². The van der Waals surface area contributed by atoms with Gasteiger partial charge in [-0.15, -0.1) is 0 Å². The largest absolute Gasteiger partial charge is 0.342 e. The molecule has 0 atom stereocenters. The zero-order chi connectivity index (χ0) is 9.84. The molecule has 0 unspecified atom stereocenters. The summed E-state index contributed by atoms with van der Waals surface area (Å²) in [6, 6.07) is 6.21. The van der Waals surface area contributed by atoms with Gasteiger partial charge in [0.05, 0.1) is 11.0 Å². The maximum Gasteiger partial charge on any atom is 0.104 e. The maximum atomic E-state index is 4.30. The molecule has 1 aromatic carbocycles. The Morgan fingerprint density at radius 1 is 1.14 bits per heavy atom. The van der Waals surface area contributed by atoms with Gasteiger partial charge in [-0.1, -0.05) is 19.9 Å². The first-order valence-electron chi connectivity index (χ1n) is 4.69. The molecule has 0 amide bonds. The molecule has 2 nitrogen and oxygen atoms in total. The number of rotatable bonds is 0. The fourth-order valence-electron chi connectivity index (χ4n) is 1.25. The van der Waals surface area contributed by atoms with Gasteiger partial charge in [0.15, 0.2) is 0 Å². The molecular weight excluding hydrogens is 386 g/mol. The van der Waals surface area contributed by atoms with Crippen LogP contribution in [0.25, 0.3) is 11.0 Å². The van der Waals surface area contributed by atoms with Gasteiger partial charge in [0.2, 0.25) is 0 Å². The predicted molar refractivity (Wildman–Crippen MR) is 56.9 cm³/mol. The van der Waals surface area contributed by atoms with Gasteiger partial charge in [0.25, 0.3) is 0 Å². The van der Waals surface area contributed by atoms with E-state index in [0.29, 0.717) is 0 Å². The second kappa shape index (κ2) is 6.61. The maximum absolute atomic E-state index is 4.30. The molecule has 0 aliphatic rings. The van der Waals surface area contributed by atoms with E-state index < -0.39 is 0 Å². The Morgan fingerprint density at radius 3 is 2.43 bits per heavy atom. The monoisotopic (exact) mass is 402 g/mol. The van der Waals surface area contributed by atoms with Crippen molar-refractivity contribution in [3.63, 3.8) is 0 Å². The number of H-pyrrole nitrogens is 1. The third-order valence-corrected chi connectivity index (χ3v) is 1.76. The van der Waals surface area contributed by atoms with E-state index in [4.69, 9.17) is 0 Å². The first-order valence-corrected chi connectivity index (χ1v) is 4.69. The van der Waals surface area contributed by atoms with E-state index in [2.05, 4.69) is 29.0 Å². The van der Waals surface area contributed by atoms with E-state index in [-0.39, 0.29) is 45.0 Å². The van der Waals surface area contributed by atoms with Crippen molar-refractivity contribution in [2.75, 3.05) is 0 Å². The first kappa shape index (κ1) is 14.2. The van der Waals surface area contributed by atoms with Crippen molar-refractivity contribution >= 4 is 11.0 Å². The Hall–Kier alpha value is 0.158. The molecule has 14 heavy (non-hydrogen) atoms. The number of hydrogen-bond donors (Lipinski definition) is 1. The average Bonchev–Trinajstić information content (AvgIpc) is 2.48. The van der Waals surface area contributed by atoms with Gasteiger partial charge in [-0.05, 0) is 31.5 Å². The smallest absolute Gasteiger partial charge is 0.104 e. The van der Waals surface area contributed by atoms with E-state index in [1.807, 2.05) is 26.8 Å². The normalized spacial score (nSPS) is 8.86. The fraction of sp³-hybridized carbons (Fsp3) is 0.364. The summed E-state index contributed by atoms with van der Waals surface area (Å²) in [7, 11) is 0. The van der Waals surface area contributed by atoms with Crippen molar-refractivity contribution in [2.24, 2.45) is 0 Å². The quantitative estimate of drug-likeness (QED) is 0.721. The van der Waals surface area contributed by atoms with E-state index in [9.17, 15) is 0 Å². The number of aromatic amines is 1. The van der Waals surface area contributed by atoms with Crippen LogP contribution in [0, 0.1) is 58.9 Å². The van der Waals surface area contributed by atoms with Gasteiger partial charge < -0.3 is 4.98 Å². The molecule has 0 aliphatic heterocycles. The van der Waals surface area contributed by atoms with Crippen molar-refractivity contribution in [2.45, 2.75) is 27.7 Å². The minimum absolute atomic E-state index is 0. The zero-order valence-corrected chi connectivity index (χ0v) is 15.2. The van der Waals surface area contributed by atoms with Crippen molar-refractivity contribution in [1.82, 2.24) is 9.97 Å². The van der Waals surface area contributed by atoms with Crippen LogP contribution in [0.4, 0.5) is 0 Å². The summed E-state index contributed by atoms with van der Waals surface area (Å²) in [4.78, 5) is 7.49. The minimum atomic E-state index is 0. The number of aromatic nitrogens is 2. The molecule has 1 N–H and O–H groups in total. The van der Waals surface area contributed by atoms with Crippen LogP contribution in [-0.2, 0) is 0 Å². The molecule has 3 heteroatoms. The SMILES string of the molecule is CC.Cc1ccc2nc(C)[nH]c2c1.[Ra]. The Bertz CT molecular complexity index is 393. The minimum Gasteiger partial charge on any atom is -0.342 e. The summed E-state index contributed by atoms with van der Waals surface area (Å²) >= 11 is 0. The van der Waals surface area contributed by atoms with Gasteiger partial charge in [0.1, 0.15) is 5.82 Å². The molecule has 0 bridgehead atoms. The number of aryl methyl sites for hydroxylation is 2. The Labute approximate surface area is 122 Å². The number of hydrogen-bond acceptors (Lipinski definition) is 1. The summed E-state index contributed by atoms with van der Waals surface area (Å²) in [5.41, 5.74) is 3.44. The third kappa shape index (κ3) is 3.38. The molecule has 2 rings (SSSR count). The molecule has 0 fully saturated rings. The van der Waals surface area contributed by atoms with Gasteiger partial charge >= 0.3 is 0 Å². The number of fused-ring (bicyclic) bond motifs is 1. The molecule has 1 aromatic heterocycles. The fourth-order valence-corrected chi connectivity index (χ4v) is 1.25. The number of nitrogens with zero attached hydrogens (tertiary/aromatic N) is 1. The van der Waals surface area contributed by atoms with Crippen molar-refractivity contribution in [1.29, 1.82) is 0 Å². The van der Waals surface area contributed by atoms with Crippen LogP contribution in [0.5, 0.6) is 0 Å². The molecular formula is C11H16N2Ra. The van der Waals surface area contributed by atoms with Crippen molar-refractivity contribution in [3.05, 3.63) is 29.6 Å². The van der Waals surface area contributed by atoms with Gasteiger partial charge in [-0.3, -0.25) is 0 Å². The standard InChI is InChI=1S/C9H10N2.C2H6.Ra/c1-6-3-4-8-9(5-6)11-7(2)10-8;1-2;/h3-5H,1-2H3,(H,10,11);1-2H3;. The second-order valence-corrected chi connectivity index (χ2v) is 2.84. The number of imidazole rings is 1. The molecule has 0 saturated heterocycles. The molecule has 2 aromatic rings. The summed E-state index contributed by atoms with van der Waals surface area (Å²) in [6.07, 6.45) is 0. The van der Waals surface area contributed by atoms with Crippen LogP contribution in [0.15, 0.2) is 18.2 Å². The van der Waals surface area contributed by atoms with Crippen LogP contribution < -0.4 is 0 Å². The molecule has 0 aliphatic carbocycles. The van der Waals surface area contributed by atoms with E-state index in [1.165, 1.54) is 5.56 Å². The van der Waals surface area contributed by atoms with E-state index >= 15 is 0 Å². The second-order valence-electron chi connectivity index (χ2n) is 2.84. The molecule has 72 valence electrons. The van der Waals surface area contributed by atoms with Crippen molar-refractivity contribution < 1.29 is 45.0 Å². The molecule has 0 saturated carbocycles. The topological polar surface area (TPSA) is 28.7 Å². The van der Waals surface area contributed by atoms with Crippen LogP contribution >= 0.6 is 0 Å². The summed E-state index contributed by atoms with van der Waals surface area (Å²) in [5, 5.41) is 0. The van der Waals surface area contributed by atoms with Crippen LogP contribution in [0.2, 0.25) is 0 Å². The van der Waals surface area contributed by atoms with Gasteiger partial charge in [-0.25, -0.2) is 4.98 Å². The van der Waals surface area contributed by atoms with Gasteiger partial charge in [0, 0.05) is 45.0 Å². The Kier molecular flexibility index (Phi) is 6.68. The molecule has 1 heterocycles. The summed E-state index contributed by atoms with van der Waals surface area (Å²) in [5.74, 6) is 0.977. The molecule has 2 radical (unpaired) electrons. The zero-order valence-electron chi connectivity index (χ0n) is 9.39. The molecule has 0 spiro atoms. The van der Waals surface area contributed by atoms with Crippen LogP contribution in [-0.4, -0.2) is 9.97 Å².